The molecule has 1 aliphatic rings. The first-order chi connectivity index (χ1) is 8.16. The van der Waals surface area contributed by atoms with Gasteiger partial charge in [0.05, 0.1) is 6.10 Å². The highest BCUT2D eigenvalue weighted by Crippen LogP contribution is 2.21. The Labute approximate surface area is 98.1 Å². The number of amides is 1. The molecule has 0 aromatic heterocycles. The molecule has 5 heteroatoms. The lowest BCUT2D eigenvalue weighted by atomic mass is 10.1. The Morgan fingerprint density at radius 2 is 2.29 bits per heavy atom. The highest BCUT2D eigenvalue weighted by Gasteiger charge is 2.16. The van der Waals surface area contributed by atoms with Crippen LogP contribution in [0.15, 0.2) is 29.3 Å². The molecule has 1 unspecified atom stereocenters. The Balaban J connectivity index is 2.14. The van der Waals surface area contributed by atoms with Crippen molar-refractivity contribution >= 4 is 18.3 Å². The van der Waals surface area contributed by atoms with Crippen LogP contribution in [0.3, 0.4) is 0 Å². The molecule has 0 aliphatic carbocycles. The summed E-state index contributed by atoms with van der Waals surface area (Å²) in [5.41, 5.74) is 0.722. The minimum Gasteiger partial charge on any atom is -0.577 e. The van der Waals surface area contributed by atoms with E-state index in [1.807, 2.05) is 0 Å². The molecule has 0 spiro atoms. The molecule has 0 radical (unpaired) electrons. The first kappa shape index (κ1) is 11.3. The van der Waals surface area contributed by atoms with E-state index in [0.717, 1.165) is 5.56 Å². The second-order valence-electron chi connectivity index (χ2n) is 3.55. The molecule has 1 atom stereocenters. The predicted molar refractivity (Wildman–Crippen MR) is 58.8 cm³/mol. The number of para-hydroxylation sites is 1. The van der Waals surface area contributed by atoms with Gasteiger partial charge in [0.1, 0.15) is 11.7 Å². The largest absolute Gasteiger partial charge is 0.577 e. The van der Waals surface area contributed by atoms with Gasteiger partial charge < -0.3 is 19.3 Å². The number of carbonyl (C=O) groups excluding carboxylic acids is 2. The number of benzene rings is 1. The first-order valence-electron chi connectivity index (χ1n) is 5.08. The van der Waals surface area contributed by atoms with E-state index in [-0.39, 0.29) is 5.91 Å². The lowest BCUT2D eigenvalue weighted by Gasteiger charge is -2.16. The van der Waals surface area contributed by atoms with E-state index < -0.39 is 12.1 Å². The smallest absolute Gasteiger partial charge is 0.308 e. The van der Waals surface area contributed by atoms with Crippen LogP contribution in [-0.4, -0.2) is 24.4 Å². The predicted octanol–water partition coefficient (Wildman–Crippen LogP) is 0.985. The maximum absolute atomic E-state index is 11.3. The average Bonchev–Trinajstić information content (AvgIpc) is 2.67. The van der Waals surface area contributed by atoms with Crippen molar-refractivity contribution in [3.05, 3.63) is 29.8 Å². The van der Waals surface area contributed by atoms with Crippen LogP contribution < -0.4 is 4.74 Å². The van der Waals surface area contributed by atoms with E-state index in [0.29, 0.717) is 12.2 Å². The number of rotatable bonds is 3. The van der Waals surface area contributed by atoms with E-state index in [9.17, 15) is 9.59 Å². The molecule has 2 rings (SSSR count). The van der Waals surface area contributed by atoms with Gasteiger partial charge in [-0.1, -0.05) is 18.2 Å². The van der Waals surface area contributed by atoms with Crippen molar-refractivity contribution in [2.75, 3.05) is 0 Å². The summed E-state index contributed by atoms with van der Waals surface area (Å²) in [6, 6.07) is 6.99. The number of esters is 1. The zero-order valence-electron chi connectivity index (χ0n) is 9.17. The molecule has 0 bridgehead atoms. The van der Waals surface area contributed by atoms with E-state index in [2.05, 4.69) is 11.4 Å². The van der Waals surface area contributed by atoms with Crippen LogP contribution in [0.5, 0.6) is 5.75 Å². The summed E-state index contributed by atoms with van der Waals surface area (Å²) in [5, 5.41) is 0. The van der Waals surface area contributed by atoms with Gasteiger partial charge in [-0.3, -0.25) is 4.79 Å². The molecular weight excluding hydrogens is 222 g/mol. The molecule has 0 fully saturated rings. The van der Waals surface area contributed by atoms with Gasteiger partial charge in [-0.05, 0) is 11.6 Å². The number of hydrogen-bond acceptors (Lipinski definition) is 4. The molecule has 1 heterocycles. The molecule has 5 nitrogen and oxygen atoms in total. The molecule has 1 amide bonds. The van der Waals surface area contributed by atoms with Crippen LogP contribution in [0.4, 0.5) is 0 Å². The Kier molecular flexibility index (Phi) is 3.18. The molecule has 0 N–H and O–H groups in total. The third-order valence-corrected chi connectivity index (χ3v) is 2.26. The molecule has 1 aliphatic heterocycles. The summed E-state index contributed by atoms with van der Waals surface area (Å²) < 4.78 is 9.96. The molecule has 1 aromatic carbocycles. The fourth-order valence-electron chi connectivity index (χ4n) is 1.51. The van der Waals surface area contributed by atoms with Crippen molar-refractivity contribution in [1.29, 1.82) is 0 Å². The third kappa shape index (κ3) is 2.69. The van der Waals surface area contributed by atoms with Gasteiger partial charge in [-0.2, -0.15) is 0 Å². The zero-order valence-corrected chi connectivity index (χ0v) is 9.17. The number of carbonyl (C=O) groups is 2. The molecular formula is C12H10NO4-. The van der Waals surface area contributed by atoms with Crippen LogP contribution in [0.25, 0.3) is 0 Å². The molecule has 17 heavy (non-hydrogen) atoms. The fraction of sp³-hybridized carbons (Fsp3) is 0.250. The highest BCUT2D eigenvalue weighted by molar-refractivity contribution is 5.91. The lowest BCUT2D eigenvalue weighted by Crippen LogP contribution is -2.20. The Morgan fingerprint density at radius 1 is 1.53 bits per heavy atom. The van der Waals surface area contributed by atoms with Crippen LogP contribution in [0.1, 0.15) is 12.5 Å². The van der Waals surface area contributed by atoms with E-state index >= 15 is 0 Å². The number of hydrogen-bond donors (Lipinski definition) is 0. The highest BCUT2D eigenvalue weighted by atomic mass is 16.5. The van der Waals surface area contributed by atoms with Crippen molar-refractivity contribution in [3.63, 3.8) is 0 Å². The SMILES string of the molecule is CC(=O)Oc1ccccc1CC1O[C-]=NC1=O. The van der Waals surface area contributed by atoms with Crippen LogP contribution >= 0.6 is 0 Å². The maximum atomic E-state index is 11.3. The van der Waals surface area contributed by atoms with Gasteiger partial charge in [-0.25, -0.2) is 0 Å². The standard InChI is InChI=1S/C12H10NO4/c1-8(14)17-10-5-3-2-4-9(10)6-11-12(15)13-7-16-11/h2-5,11H,6H2,1H3/q-1. The number of nitrogens with zero attached hydrogens (tertiary/aromatic N) is 1. The Bertz CT molecular complexity index is 481. The van der Waals surface area contributed by atoms with Crippen molar-refractivity contribution in [2.45, 2.75) is 19.4 Å². The molecule has 0 saturated carbocycles. The van der Waals surface area contributed by atoms with Gasteiger partial charge in [0, 0.05) is 19.7 Å². The Hall–Kier alpha value is -2.17. The van der Waals surface area contributed by atoms with Crippen LogP contribution in [0, 0.1) is 0 Å². The summed E-state index contributed by atoms with van der Waals surface area (Å²) in [4.78, 5) is 25.6. The number of ether oxygens (including phenoxy) is 2. The van der Waals surface area contributed by atoms with Gasteiger partial charge >= 0.3 is 5.97 Å². The summed E-state index contributed by atoms with van der Waals surface area (Å²) in [6.07, 6.45) is 1.80. The maximum Gasteiger partial charge on any atom is 0.308 e. The van der Waals surface area contributed by atoms with E-state index in [1.165, 1.54) is 6.92 Å². The minimum absolute atomic E-state index is 0.304. The minimum atomic E-state index is -0.674. The van der Waals surface area contributed by atoms with E-state index in [1.54, 1.807) is 24.3 Å². The van der Waals surface area contributed by atoms with Gasteiger partial charge in [0.25, 0.3) is 0 Å². The summed E-state index contributed by atoms with van der Waals surface area (Å²) in [6.45, 7) is 1.32. The molecule has 88 valence electrons. The third-order valence-electron chi connectivity index (χ3n) is 2.26. The monoisotopic (exact) mass is 232 g/mol. The number of aliphatic imine (C=N–C) groups is 1. The molecule has 1 aromatic rings. The molecule has 0 saturated heterocycles. The summed E-state index contributed by atoms with van der Waals surface area (Å²) in [5.74, 6) is -0.343. The summed E-state index contributed by atoms with van der Waals surface area (Å²) in [7, 11) is 0. The average molecular weight is 232 g/mol. The summed E-state index contributed by atoms with van der Waals surface area (Å²) >= 11 is 0. The lowest BCUT2D eigenvalue weighted by molar-refractivity contribution is -0.131. The topological polar surface area (TPSA) is 65.0 Å². The first-order valence-corrected chi connectivity index (χ1v) is 5.08. The second kappa shape index (κ2) is 4.78. The van der Waals surface area contributed by atoms with Crippen molar-refractivity contribution in [2.24, 2.45) is 4.99 Å². The quantitative estimate of drug-likeness (QED) is 0.442. The van der Waals surface area contributed by atoms with Gasteiger partial charge in [0.2, 0.25) is 0 Å². The van der Waals surface area contributed by atoms with Crippen molar-refractivity contribution < 1.29 is 19.1 Å². The van der Waals surface area contributed by atoms with Crippen molar-refractivity contribution in [1.82, 2.24) is 0 Å². The fourth-order valence-corrected chi connectivity index (χ4v) is 1.51. The normalized spacial score (nSPS) is 17.9. The van der Waals surface area contributed by atoms with Crippen molar-refractivity contribution in [3.8, 4) is 5.75 Å². The zero-order chi connectivity index (χ0) is 12.3. The van der Waals surface area contributed by atoms with Crippen LogP contribution in [-0.2, 0) is 20.7 Å². The van der Waals surface area contributed by atoms with Gasteiger partial charge in [0.15, 0.2) is 0 Å². The van der Waals surface area contributed by atoms with Crippen LogP contribution in [0.2, 0.25) is 0 Å². The van der Waals surface area contributed by atoms with Gasteiger partial charge in [-0.15, -0.1) is 0 Å². The van der Waals surface area contributed by atoms with E-state index in [4.69, 9.17) is 9.47 Å². The second-order valence-corrected chi connectivity index (χ2v) is 3.55. The Morgan fingerprint density at radius 3 is 2.94 bits per heavy atom.